The summed E-state index contributed by atoms with van der Waals surface area (Å²) in [5.41, 5.74) is 0.893. The maximum absolute atomic E-state index is 12.4. The summed E-state index contributed by atoms with van der Waals surface area (Å²) in [4.78, 5) is 28.6. The van der Waals surface area contributed by atoms with Crippen molar-refractivity contribution in [2.24, 2.45) is 14.1 Å². The molecule has 0 radical (unpaired) electrons. The molecular formula is C20H28ClN5O4. The lowest BCUT2D eigenvalue weighted by atomic mass is 10.0. The second-order valence-electron chi connectivity index (χ2n) is 7.44. The number of quaternary nitrogens is 1. The smallest absolute Gasteiger partial charge is 0.332 e. The van der Waals surface area contributed by atoms with Gasteiger partial charge in [0.1, 0.15) is 17.9 Å². The summed E-state index contributed by atoms with van der Waals surface area (Å²) >= 11 is 0. The zero-order valence-electron chi connectivity index (χ0n) is 17.3. The van der Waals surface area contributed by atoms with Gasteiger partial charge in [0, 0.05) is 20.6 Å². The van der Waals surface area contributed by atoms with E-state index in [1.807, 2.05) is 6.92 Å². The van der Waals surface area contributed by atoms with Gasteiger partial charge in [-0.3, -0.25) is 13.9 Å². The largest absolute Gasteiger partial charge is 1.00 e. The highest BCUT2D eigenvalue weighted by Gasteiger charge is 2.19. The molecule has 0 aliphatic rings. The number of benzene rings is 1. The van der Waals surface area contributed by atoms with Gasteiger partial charge in [-0.05, 0) is 37.5 Å². The van der Waals surface area contributed by atoms with Gasteiger partial charge in [-0.2, -0.15) is 0 Å². The molecule has 10 heteroatoms. The number of unbranched alkanes of at least 4 members (excludes halogenated alkanes) is 1. The lowest BCUT2D eigenvalue weighted by Crippen LogP contribution is -3.00. The molecule has 3 rings (SSSR count). The van der Waals surface area contributed by atoms with E-state index in [1.165, 1.54) is 11.6 Å². The highest BCUT2D eigenvalue weighted by Crippen LogP contribution is 2.18. The fraction of sp³-hybridized carbons (Fsp3) is 0.450. The number of nitrogens with two attached hydrogens (primary N) is 1. The lowest BCUT2D eigenvalue weighted by molar-refractivity contribution is -0.694. The number of imidazole rings is 1. The van der Waals surface area contributed by atoms with Crippen LogP contribution in [0.1, 0.15) is 31.4 Å². The van der Waals surface area contributed by atoms with Crippen molar-refractivity contribution in [1.29, 1.82) is 0 Å². The Kier molecular flexibility index (Phi) is 7.83. The van der Waals surface area contributed by atoms with E-state index in [-0.39, 0.29) is 35.4 Å². The highest BCUT2D eigenvalue weighted by molar-refractivity contribution is 5.69. The second-order valence-corrected chi connectivity index (χ2v) is 7.44. The lowest BCUT2D eigenvalue weighted by Gasteiger charge is -2.18. The average molecular weight is 438 g/mol. The van der Waals surface area contributed by atoms with Crippen LogP contribution in [0.4, 0.5) is 0 Å². The second kappa shape index (κ2) is 9.92. The molecule has 9 nitrogen and oxygen atoms in total. The molecule has 2 unspecified atom stereocenters. The molecule has 0 saturated heterocycles. The number of phenols is 1. The zero-order chi connectivity index (χ0) is 21.1. The Bertz CT molecular complexity index is 1100. The average Bonchev–Trinajstić information content (AvgIpc) is 3.14. The first-order valence-electron chi connectivity index (χ1n) is 9.72. The Balaban J connectivity index is 0.00000320. The third-order valence-electron chi connectivity index (χ3n) is 5.34. The van der Waals surface area contributed by atoms with E-state index in [1.54, 1.807) is 42.2 Å². The monoisotopic (exact) mass is 437 g/mol. The minimum Gasteiger partial charge on any atom is -1.00 e. The number of hydrogen-bond acceptors (Lipinski definition) is 5. The van der Waals surface area contributed by atoms with Crippen LogP contribution in [0.25, 0.3) is 11.2 Å². The molecule has 0 amide bonds. The maximum Gasteiger partial charge on any atom is 0.332 e. The zero-order valence-corrected chi connectivity index (χ0v) is 18.1. The van der Waals surface area contributed by atoms with Gasteiger partial charge in [-0.25, -0.2) is 9.78 Å². The topological polar surface area (TPSA) is 119 Å². The van der Waals surface area contributed by atoms with Crippen molar-refractivity contribution in [2.75, 3.05) is 6.54 Å². The molecule has 3 aromatic rings. The van der Waals surface area contributed by atoms with Crippen molar-refractivity contribution < 1.29 is 27.9 Å². The molecule has 0 aliphatic heterocycles. The van der Waals surface area contributed by atoms with Crippen molar-refractivity contribution in [3.63, 3.8) is 0 Å². The van der Waals surface area contributed by atoms with Crippen molar-refractivity contribution in [3.8, 4) is 5.75 Å². The minimum atomic E-state index is -0.613. The molecule has 0 bridgehead atoms. The number of aliphatic hydroxyl groups is 1. The van der Waals surface area contributed by atoms with Gasteiger partial charge in [-0.15, -0.1) is 0 Å². The fourth-order valence-electron chi connectivity index (χ4n) is 3.48. The van der Waals surface area contributed by atoms with Crippen molar-refractivity contribution in [1.82, 2.24) is 18.7 Å². The first kappa shape index (κ1) is 23.7. The molecule has 0 fully saturated rings. The Morgan fingerprint density at radius 1 is 1.10 bits per heavy atom. The van der Waals surface area contributed by atoms with E-state index < -0.39 is 6.10 Å². The van der Waals surface area contributed by atoms with E-state index in [4.69, 9.17) is 0 Å². The third-order valence-corrected chi connectivity index (χ3v) is 5.34. The number of aliphatic hydroxyl groups excluding tert-OH is 1. The van der Waals surface area contributed by atoms with Crippen LogP contribution in [0.15, 0.2) is 40.2 Å². The molecule has 2 heterocycles. The molecule has 0 saturated carbocycles. The van der Waals surface area contributed by atoms with E-state index in [0.717, 1.165) is 29.5 Å². The molecule has 4 N–H and O–H groups in total. The Morgan fingerprint density at radius 3 is 2.43 bits per heavy atom. The Hall–Kier alpha value is -2.62. The number of aryl methyl sites for hydroxylation is 2. The molecule has 2 atom stereocenters. The summed E-state index contributed by atoms with van der Waals surface area (Å²) in [5, 5.41) is 21.9. The van der Waals surface area contributed by atoms with Gasteiger partial charge in [0.2, 0.25) is 0 Å². The first-order valence-corrected chi connectivity index (χ1v) is 9.72. The minimum absolute atomic E-state index is 0. The summed E-state index contributed by atoms with van der Waals surface area (Å²) in [6, 6.07) is 6.57. The van der Waals surface area contributed by atoms with Crippen LogP contribution in [0.5, 0.6) is 5.75 Å². The number of phenolic OH excluding ortho intramolecular Hbond substituents is 1. The van der Waals surface area contributed by atoms with Gasteiger partial charge >= 0.3 is 5.69 Å². The molecule has 164 valence electrons. The van der Waals surface area contributed by atoms with Crippen LogP contribution in [0.3, 0.4) is 0 Å². The van der Waals surface area contributed by atoms with Crippen LogP contribution in [0.2, 0.25) is 0 Å². The van der Waals surface area contributed by atoms with Crippen LogP contribution in [-0.2, 0) is 20.6 Å². The predicted molar refractivity (Wildman–Crippen MR) is 109 cm³/mol. The number of aromatic hydroxyl groups is 1. The van der Waals surface area contributed by atoms with Crippen molar-refractivity contribution in [2.45, 2.75) is 38.5 Å². The number of nitrogens with zero attached hydrogens (tertiary/aromatic N) is 4. The highest BCUT2D eigenvalue weighted by atomic mass is 35.5. The number of aromatic nitrogens is 4. The van der Waals surface area contributed by atoms with Crippen LogP contribution in [-0.4, -0.2) is 41.5 Å². The standard InChI is InChI=1S/C20H27N5O4.ClH/c1-13(17(27)14-6-8-15(26)9-7-14)21-10-4-5-11-25-12-22-18-16(25)19(28)24(3)20(29)23(18)2;/h6-9,12-13,17,21,26-27H,4-5,10-11H2,1-3H3;1H. The molecule has 2 aromatic heterocycles. The Labute approximate surface area is 180 Å². The van der Waals surface area contributed by atoms with Crippen LogP contribution >= 0.6 is 0 Å². The SMILES string of the molecule is CC([NH2+]CCCCn1cnc2c1c(=O)n(C)c(=O)n2C)C(O)c1ccc(O)cc1.[Cl-]. The number of rotatable bonds is 8. The molecular weight excluding hydrogens is 410 g/mol. The van der Waals surface area contributed by atoms with Crippen molar-refractivity contribution >= 4 is 11.2 Å². The van der Waals surface area contributed by atoms with Crippen LogP contribution in [0, 0.1) is 0 Å². The van der Waals surface area contributed by atoms with Gasteiger partial charge in [-0.1, -0.05) is 12.1 Å². The first-order chi connectivity index (χ1) is 13.8. The molecule has 1 aromatic carbocycles. The van der Waals surface area contributed by atoms with E-state index in [9.17, 15) is 19.8 Å². The summed E-state index contributed by atoms with van der Waals surface area (Å²) in [5.74, 6) is 0.180. The van der Waals surface area contributed by atoms with Gasteiger partial charge in [0.25, 0.3) is 5.56 Å². The molecule has 0 aliphatic carbocycles. The normalized spacial score (nSPS) is 13.2. The fourth-order valence-corrected chi connectivity index (χ4v) is 3.48. The summed E-state index contributed by atoms with van der Waals surface area (Å²) in [7, 11) is 3.08. The number of halogens is 1. The third kappa shape index (κ3) is 4.75. The van der Waals surface area contributed by atoms with E-state index in [2.05, 4.69) is 10.3 Å². The van der Waals surface area contributed by atoms with E-state index >= 15 is 0 Å². The van der Waals surface area contributed by atoms with Gasteiger partial charge < -0.3 is 32.5 Å². The predicted octanol–water partition coefficient (Wildman–Crippen LogP) is -3.39. The maximum atomic E-state index is 12.4. The number of fused-ring (bicyclic) bond motifs is 1. The number of hydrogen-bond donors (Lipinski definition) is 3. The van der Waals surface area contributed by atoms with Gasteiger partial charge in [0.05, 0.1) is 12.9 Å². The quantitative estimate of drug-likeness (QED) is 0.318. The molecule has 0 spiro atoms. The van der Waals surface area contributed by atoms with Crippen LogP contribution < -0.4 is 29.0 Å². The summed E-state index contributed by atoms with van der Waals surface area (Å²) in [6.45, 7) is 3.43. The van der Waals surface area contributed by atoms with Gasteiger partial charge in [0.15, 0.2) is 11.2 Å². The molecule has 30 heavy (non-hydrogen) atoms. The Morgan fingerprint density at radius 2 is 1.77 bits per heavy atom. The van der Waals surface area contributed by atoms with Crippen molar-refractivity contribution in [3.05, 3.63) is 57.0 Å². The van der Waals surface area contributed by atoms with E-state index in [0.29, 0.717) is 17.7 Å². The summed E-state index contributed by atoms with van der Waals surface area (Å²) < 4.78 is 4.28. The summed E-state index contributed by atoms with van der Waals surface area (Å²) in [6.07, 6.45) is 2.73.